The van der Waals surface area contributed by atoms with Crippen molar-refractivity contribution < 1.29 is 9.22 Å². The van der Waals surface area contributed by atoms with Gasteiger partial charge >= 0.3 is 0 Å². The summed E-state index contributed by atoms with van der Waals surface area (Å²) in [7, 11) is -3.50. The molecule has 1 saturated heterocycles. The second-order valence-corrected chi connectivity index (χ2v) is 20.4. The predicted molar refractivity (Wildman–Crippen MR) is 109 cm³/mol. The Balaban J connectivity index is 2.82. The zero-order chi connectivity index (χ0) is 19.1. The third-order valence-electron chi connectivity index (χ3n) is 6.91. The van der Waals surface area contributed by atoms with Gasteiger partial charge in [-0.1, -0.05) is 61.6 Å². The number of hydrogen-bond acceptors (Lipinski definition) is 2. The zero-order valence-corrected chi connectivity index (χ0v) is 20.0. The largest absolute Gasteiger partial charge is 0.417 e. The molecule has 1 amide bonds. The van der Waals surface area contributed by atoms with Crippen LogP contribution in [-0.4, -0.2) is 39.7 Å². The maximum Gasteiger partial charge on any atom is 0.220 e. The molecule has 0 aromatic heterocycles. The summed E-state index contributed by atoms with van der Waals surface area (Å²) in [5, 5.41) is 0.436. The first kappa shape index (κ1) is 21.9. The van der Waals surface area contributed by atoms with Gasteiger partial charge in [0, 0.05) is 12.6 Å². The summed E-state index contributed by atoms with van der Waals surface area (Å²) in [6, 6.07) is 0.383. The number of β-lactam (4-membered cyclic amide) rings is 1. The molecule has 5 heteroatoms. The molecule has 0 unspecified atom stereocenters. The number of rotatable bonds is 6. The summed E-state index contributed by atoms with van der Waals surface area (Å²) < 4.78 is 8.68. The summed E-state index contributed by atoms with van der Waals surface area (Å²) in [6.45, 7) is 25.9. The van der Waals surface area contributed by atoms with E-state index in [1.807, 2.05) is 0 Å². The van der Waals surface area contributed by atoms with E-state index >= 15 is 0 Å². The van der Waals surface area contributed by atoms with Crippen LogP contribution in [0.2, 0.25) is 36.3 Å². The van der Waals surface area contributed by atoms with E-state index < -0.39 is 16.6 Å². The van der Waals surface area contributed by atoms with E-state index in [2.05, 4.69) is 79.2 Å². The van der Waals surface area contributed by atoms with E-state index in [0.717, 1.165) is 19.4 Å². The molecule has 1 rings (SSSR count). The molecule has 3 nitrogen and oxygen atoms in total. The second kappa shape index (κ2) is 6.88. The fourth-order valence-electron chi connectivity index (χ4n) is 3.08. The molecule has 24 heavy (non-hydrogen) atoms. The highest BCUT2D eigenvalue weighted by molar-refractivity contribution is 6.80. The third kappa shape index (κ3) is 3.99. The van der Waals surface area contributed by atoms with Gasteiger partial charge in [-0.25, -0.2) is 0 Å². The van der Waals surface area contributed by atoms with Crippen molar-refractivity contribution in [3.63, 3.8) is 0 Å². The Kier molecular flexibility index (Phi) is 6.28. The SMILES string of the molecule is CC[C@H]1C(=O)N([Si](C)(C)C(C)(C)C)[C@@H]1CCO[Si](C)(C)C(C)(C)C. The van der Waals surface area contributed by atoms with Crippen LogP contribution in [0.25, 0.3) is 0 Å². The first-order valence-corrected chi connectivity index (χ1v) is 15.4. The molecule has 0 saturated carbocycles. The fraction of sp³-hybridized carbons (Fsp3) is 0.947. The summed E-state index contributed by atoms with van der Waals surface area (Å²) in [5.74, 6) is 0.601. The normalized spacial score (nSPS) is 23.5. The molecule has 0 spiro atoms. The molecule has 142 valence electrons. The molecule has 1 heterocycles. The van der Waals surface area contributed by atoms with Crippen LogP contribution in [0, 0.1) is 5.92 Å². The van der Waals surface area contributed by atoms with Gasteiger partial charge in [-0.15, -0.1) is 0 Å². The molecular weight excluding hydrogens is 330 g/mol. The van der Waals surface area contributed by atoms with Crippen molar-refractivity contribution in [3.05, 3.63) is 0 Å². The topological polar surface area (TPSA) is 29.5 Å². The highest BCUT2D eigenvalue weighted by Crippen LogP contribution is 2.46. The minimum absolute atomic E-state index is 0.194. The zero-order valence-electron chi connectivity index (χ0n) is 18.0. The molecule has 1 aliphatic rings. The molecule has 2 atom stereocenters. The number of amides is 1. The van der Waals surface area contributed by atoms with Crippen LogP contribution >= 0.6 is 0 Å². The molecule has 0 aliphatic carbocycles. The second-order valence-electron chi connectivity index (χ2n) is 10.5. The van der Waals surface area contributed by atoms with Gasteiger partial charge in [-0.3, -0.25) is 4.79 Å². The van der Waals surface area contributed by atoms with E-state index in [9.17, 15) is 4.79 Å². The Hall–Kier alpha value is -0.136. The fourth-order valence-corrected chi connectivity index (χ4v) is 6.72. The van der Waals surface area contributed by atoms with Crippen molar-refractivity contribution in [2.75, 3.05) is 6.61 Å². The van der Waals surface area contributed by atoms with Crippen molar-refractivity contribution in [3.8, 4) is 0 Å². The summed E-state index contributed by atoms with van der Waals surface area (Å²) in [4.78, 5) is 12.7. The average Bonchev–Trinajstić information content (AvgIpc) is 2.34. The highest BCUT2D eigenvalue weighted by Gasteiger charge is 2.56. The number of nitrogens with zero attached hydrogens (tertiary/aromatic N) is 1. The lowest BCUT2D eigenvalue weighted by atomic mass is 9.86. The lowest BCUT2D eigenvalue weighted by molar-refractivity contribution is -0.149. The number of carbonyl (C=O) groups is 1. The Morgan fingerprint density at radius 1 is 1.00 bits per heavy atom. The van der Waals surface area contributed by atoms with E-state index in [4.69, 9.17) is 4.43 Å². The summed E-state index contributed by atoms with van der Waals surface area (Å²) >= 11 is 0. The van der Waals surface area contributed by atoms with E-state index in [0.29, 0.717) is 11.9 Å². The van der Waals surface area contributed by atoms with Crippen LogP contribution in [0.1, 0.15) is 61.3 Å². The first-order valence-electron chi connectivity index (χ1n) is 9.55. The Labute approximate surface area is 152 Å². The maximum atomic E-state index is 12.7. The van der Waals surface area contributed by atoms with Crippen LogP contribution in [0.15, 0.2) is 0 Å². The standard InChI is InChI=1S/C19H41NO2Si2/c1-12-15-16(13-14-22-24(10,11)19(5,6)7)20(17(15)21)23(8,9)18(2,3)4/h15-16H,12-14H2,1-11H3/t15-,16-/m1/s1. The van der Waals surface area contributed by atoms with Crippen LogP contribution < -0.4 is 0 Å². The lowest BCUT2D eigenvalue weighted by Gasteiger charge is -2.58. The third-order valence-corrected chi connectivity index (χ3v) is 16.9. The van der Waals surface area contributed by atoms with E-state index in [-0.39, 0.29) is 16.0 Å². The van der Waals surface area contributed by atoms with Crippen molar-refractivity contribution in [2.24, 2.45) is 5.92 Å². The Morgan fingerprint density at radius 3 is 1.88 bits per heavy atom. The van der Waals surface area contributed by atoms with Crippen molar-refractivity contribution >= 4 is 22.5 Å². The minimum Gasteiger partial charge on any atom is -0.417 e. The van der Waals surface area contributed by atoms with Gasteiger partial charge in [-0.05, 0) is 36.0 Å². The molecule has 0 aromatic carbocycles. The molecule has 0 bridgehead atoms. The molecule has 0 aromatic rings. The number of carbonyl (C=O) groups excluding carboxylic acids is 1. The van der Waals surface area contributed by atoms with E-state index in [1.165, 1.54) is 0 Å². The molecule has 1 aliphatic heterocycles. The smallest absolute Gasteiger partial charge is 0.220 e. The van der Waals surface area contributed by atoms with Crippen LogP contribution in [0.5, 0.6) is 0 Å². The first-order chi connectivity index (χ1) is 10.6. The van der Waals surface area contributed by atoms with Gasteiger partial charge in [-0.2, -0.15) is 0 Å². The van der Waals surface area contributed by atoms with Crippen molar-refractivity contribution in [1.82, 2.24) is 4.57 Å². The lowest BCUT2D eigenvalue weighted by Crippen LogP contribution is -2.72. The molecule has 1 fully saturated rings. The van der Waals surface area contributed by atoms with Gasteiger partial charge in [0.05, 0.1) is 5.92 Å². The summed E-state index contributed by atoms with van der Waals surface area (Å²) in [6.07, 6.45) is 1.94. The van der Waals surface area contributed by atoms with Crippen molar-refractivity contribution in [1.29, 1.82) is 0 Å². The highest BCUT2D eigenvalue weighted by atomic mass is 28.4. The van der Waals surface area contributed by atoms with Gasteiger partial charge < -0.3 is 8.99 Å². The van der Waals surface area contributed by atoms with Gasteiger partial charge in [0.1, 0.15) is 0 Å². The van der Waals surface area contributed by atoms with Crippen molar-refractivity contribution in [2.45, 2.75) is 104 Å². The van der Waals surface area contributed by atoms with Crippen LogP contribution in [-0.2, 0) is 9.22 Å². The quantitative estimate of drug-likeness (QED) is 0.446. The van der Waals surface area contributed by atoms with Crippen LogP contribution in [0.4, 0.5) is 0 Å². The van der Waals surface area contributed by atoms with Crippen LogP contribution in [0.3, 0.4) is 0 Å². The Bertz CT molecular complexity index is 461. The van der Waals surface area contributed by atoms with Gasteiger partial charge in [0.25, 0.3) is 0 Å². The molecular formula is C19H41NO2Si2. The monoisotopic (exact) mass is 371 g/mol. The van der Waals surface area contributed by atoms with Gasteiger partial charge in [0.2, 0.25) is 5.91 Å². The minimum atomic E-state index is -1.80. The Morgan fingerprint density at radius 2 is 1.50 bits per heavy atom. The molecule has 0 radical (unpaired) electrons. The maximum absolute atomic E-state index is 12.7. The summed E-state index contributed by atoms with van der Waals surface area (Å²) in [5.41, 5.74) is 0. The van der Waals surface area contributed by atoms with E-state index in [1.54, 1.807) is 0 Å². The average molecular weight is 372 g/mol. The predicted octanol–water partition coefficient (Wildman–Crippen LogP) is 5.64. The number of hydrogen-bond donors (Lipinski definition) is 0. The van der Waals surface area contributed by atoms with Gasteiger partial charge in [0.15, 0.2) is 16.6 Å². The molecule has 0 N–H and O–H groups in total.